The highest BCUT2D eigenvalue weighted by molar-refractivity contribution is 7.17. The molecule has 1 saturated carbocycles. The molecule has 1 aliphatic rings. The third-order valence-corrected chi connectivity index (χ3v) is 4.24. The predicted octanol–water partition coefficient (Wildman–Crippen LogP) is 2.28. The van der Waals surface area contributed by atoms with Gasteiger partial charge in [0.2, 0.25) is 10.1 Å². The Morgan fingerprint density at radius 3 is 2.89 bits per heavy atom. The highest BCUT2D eigenvalue weighted by Gasteiger charge is 2.26. The van der Waals surface area contributed by atoms with E-state index in [1.54, 1.807) is 0 Å². The zero-order valence-electron chi connectivity index (χ0n) is 10.9. The second-order valence-corrected chi connectivity index (χ2v) is 5.77. The largest absolute Gasteiger partial charge is 0.360 e. The van der Waals surface area contributed by atoms with E-state index in [0.29, 0.717) is 10.9 Å². The molecule has 1 aromatic rings. The lowest BCUT2D eigenvalue weighted by atomic mass is 9.80. The Balaban J connectivity index is 1.85. The molecule has 0 bridgehead atoms. The third kappa shape index (κ3) is 3.19. The normalized spacial score (nSPS) is 17.0. The molecule has 6 heteroatoms. The quantitative estimate of drug-likeness (QED) is 0.830. The number of hydrogen-bond acceptors (Lipinski definition) is 5. The van der Waals surface area contributed by atoms with Crippen molar-refractivity contribution in [2.45, 2.75) is 45.6 Å². The number of carbonyl (C=O) groups is 1. The van der Waals surface area contributed by atoms with Crippen LogP contribution in [-0.4, -0.2) is 28.7 Å². The van der Waals surface area contributed by atoms with Gasteiger partial charge in [-0.05, 0) is 32.1 Å². The second-order valence-electron chi connectivity index (χ2n) is 4.79. The van der Waals surface area contributed by atoms with Gasteiger partial charge in [-0.2, -0.15) is 0 Å². The first-order valence-electron chi connectivity index (χ1n) is 6.59. The van der Waals surface area contributed by atoms with Crippen LogP contribution in [0.3, 0.4) is 0 Å². The molecule has 18 heavy (non-hydrogen) atoms. The van der Waals surface area contributed by atoms with Gasteiger partial charge in [0.1, 0.15) is 0 Å². The lowest BCUT2D eigenvalue weighted by Gasteiger charge is -2.31. The van der Waals surface area contributed by atoms with Gasteiger partial charge in [0, 0.05) is 12.6 Å². The van der Waals surface area contributed by atoms with Crippen LogP contribution in [0, 0.1) is 5.92 Å². The van der Waals surface area contributed by atoms with Crippen molar-refractivity contribution in [1.29, 1.82) is 0 Å². The van der Waals surface area contributed by atoms with Crippen molar-refractivity contribution >= 4 is 22.4 Å². The number of aromatic nitrogens is 2. The molecular weight excluding hydrogens is 248 g/mol. The average molecular weight is 268 g/mol. The van der Waals surface area contributed by atoms with Gasteiger partial charge in [-0.15, -0.1) is 10.2 Å². The van der Waals surface area contributed by atoms with Gasteiger partial charge in [0.15, 0.2) is 0 Å². The lowest BCUT2D eigenvalue weighted by Crippen LogP contribution is -2.40. The maximum Gasteiger partial charge on any atom is 0.282 e. The molecule has 0 radical (unpaired) electrons. The molecule has 1 unspecified atom stereocenters. The third-order valence-electron chi connectivity index (χ3n) is 3.36. The molecule has 100 valence electrons. The van der Waals surface area contributed by atoms with E-state index in [4.69, 9.17) is 0 Å². The minimum absolute atomic E-state index is 0.101. The summed E-state index contributed by atoms with van der Waals surface area (Å²) in [5.74, 6) is 0.538. The molecule has 5 nitrogen and oxygen atoms in total. The van der Waals surface area contributed by atoms with Crippen molar-refractivity contribution in [3.8, 4) is 0 Å². The molecule has 2 rings (SSSR count). The standard InChI is InChI=1S/C12H20N4OS/c1-3-7-13-12-16-15-11(18-12)10(17)14-8(2)9-5-4-6-9/h8-9H,3-7H2,1-2H3,(H,13,16)(H,14,17). The zero-order valence-corrected chi connectivity index (χ0v) is 11.7. The summed E-state index contributed by atoms with van der Waals surface area (Å²) in [4.78, 5) is 12.0. The summed E-state index contributed by atoms with van der Waals surface area (Å²) in [5, 5.41) is 15.2. The maximum absolute atomic E-state index is 12.0. The molecular formula is C12H20N4OS. The Bertz CT molecular complexity index is 403. The van der Waals surface area contributed by atoms with Crippen molar-refractivity contribution in [2.75, 3.05) is 11.9 Å². The van der Waals surface area contributed by atoms with Gasteiger partial charge in [-0.25, -0.2) is 0 Å². The Morgan fingerprint density at radius 1 is 1.50 bits per heavy atom. The first-order chi connectivity index (χ1) is 8.70. The lowest BCUT2D eigenvalue weighted by molar-refractivity contribution is 0.0908. The Kier molecular flexibility index (Phi) is 4.52. The fourth-order valence-corrected chi connectivity index (χ4v) is 2.62. The zero-order chi connectivity index (χ0) is 13.0. The first-order valence-corrected chi connectivity index (χ1v) is 7.40. The minimum Gasteiger partial charge on any atom is -0.360 e. The minimum atomic E-state index is -0.101. The van der Waals surface area contributed by atoms with Crippen LogP contribution in [0.25, 0.3) is 0 Å². The SMILES string of the molecule is CCCNc1nnc(C(=O)NC(C)C2CCC2)s1. The van der Waals surface area contributed by atoms with E-state index in [-0.39, 0.29) is 11.9 Å². The molecule has 1 atom stereocenters. The molecule has 0 spiro atoms. The van der Waals surface area contributed by atoms with Gasteiger partial charge in [-0.3, -0.25) is 4.79 Å². The van der Waals surface area contributed by atoms with Gasteiger partial charge < -0.3 is 10.6 Å². The molecule has 1 aliphatic carbocycles. The summed E-state index contributed by atoms with van der Waals surface area (Å²) in [5.41, 5.74) is 0. The van der Waals surface area contributed by atoms with E-state index in [0.717, 1.165) is 18.1 Å². The number of rotatable bonds is 6. The summed E-state index contributed by atoms with van der Waals surface area (Å²) in [6.45, 7) is 5.01. The van der Waals surface area contributed by atoms with Crippen LogP contribution in [0.1, 0.15) is 49.3 Å². The summed E-state index contributed by atoms with van der Waals surface area (Å²) in [6, 6.07) is 0.238. The number of anilines is 1. The van der Waals surface area contributed by atoms with E-state index in [2.05, 4.69) is 34.7 Å². The molecule has 0 saturated heterocycles. The van der Waals surface area contributed by atoms with Crippen LogP contribution >= 0.6 is 11.3 Å². The summed E-state index contributed by atoms with van der Waals surface area (Å²) >= 11 is 1.31. The van der Waals surface area contributed by atoms with Gasteiger partial charge in [-0.1, -0.05) is 24.7 Å². The molecule has 1 aromatic heterocycles. The van der Waals surface area contributed by atoms with Crippen molar-refractivity contribution in [1.82, 2.24) is 15.5 Å². The van der Waals surface area contributed by atoms with Crippen LogP contribution < -0.4 is 10.6 Å². The monoisotopic (exact) mass is 268 g/mol. The van der Waals surface area contributed by atoms with Gasteiger partial charge >= 0.3 is 0 Å². The number of amides is 1. The molecule has 1 heterocycles. The Morgan fingerprint density at radius 2 is 2.28 bits per heavy atom. The van der Waals surface area contributed by atoms with E-state index in [9.17, 15) is 4.79 Å². The second kappa shape index (κ2) is 6.13. The van der Waals surface area contributed by atoms with Crippen LogP contribution in [0.5, 0.6) is 0 Å². The van der Waals surface area contributed by atoms with E-state index in [1.165, 1.54) is 30.6 Å². The molecule has 0 aromatic carbocycles. The van der Waals surface area contributed by atoms with Gasteiger partial charge in [0.25, 0.3) is 5.91 Å². The van der Waals surface area contributed by atoms with Crippen LogP contribution in [-0.2, 0) is 0 Å². The Hall–Kier alpha value is -1.17. The summed E-state index contributed by atoms with van der Waals surface area (Å²) in [6.07, 6.45) is 4.76. The predicted molar refractivity (Wildman–Crippen MR) is 73.0 cm³/mol. The molecule has 1 fully saturated rings. The average Bonchev–Trinajstić information content (AvgIpc) is 2.72. The van der Waals surface area contributed by atoms with Crippen molar-refractivity contribution in [3.63, 3.8) is 0 Å². The highest BCUT2D eigenvalue weighted by atomic mass is 32.1. The smallest absolute Gasteiger partial charge is 0.282 e. The topological polar surface area (TPSA) is 66.9 Å². The summed E-state index contributed by atoms with van der Waals surface area (Å²) < 4.78 is 0. The van der Waals surface area contributed by atoms with E-state index >= 15 is 0 Å². The number of carbonyl (C=O) groups excluding carboxylic acids is 1. The molecule has 0 aliphatic heterocycles. The van der Waals surface area contributed by atoms with Crippen molar-refractivity contribution in [3.05, 3.63) is 5.01 Å². The van der Waals surface area contributed by atoms with Crippen LogP contribution in [0.15, 0.2) is 0 Å². The van der Waals surface area contributed by atoms with Crippen molar-refractivity contribution < 1.29 is 4.79 Å². The molecule has 1 amide bonds. The van der Waals surface area contributed by atoms with Crippen LogP contribution in [0.2, 0.25) is 0 Å². The number of nitrogens with zero attached hydrogens (tertiary/aromatic N) is 2. The summed E-state index contributed by atoms with van der Waals surface area (Å²) in [7, 11) is 0. The fourth-order valence-electron chi connectivity index (χ4n) is 1.94. The number of nitrogens with one attached hydrogen (secondary N) is 2. The van der Waals surface area contributed by atoms with E-state index < -0.39 is 0 Å². The van der Waals surface area contributed by atoms with Crippen molar-refractivity contribution in [2.24, 2.45) is 5.92 Å². The fraction of sp³-hybridized carbons (Fsp3) is 0.750. The highest BCUT2D eigenvalue weighted by Crippen LogP contribution is 2.29. The van der Waals surface area contributed by atoms with Gasteiger partial charge in [0.05, 0.1) is 0 Å². The Labute approximate surface area is 111 Å². The number of hydrogen-bond donors (Lipinski definition) is 2. The first kappa shape index (κ1) is 13.3. The maximum atomic E-state index is 12.0. The van der Waals surface area contributed by atoms with E-state index in [1.807, 2.05) is 0 Å². The van der Waals surface area contributed by atoms with Crippen LogP contribution in [0.4, 0.5) is 5.13 Å². The molecule has 2 N–H and O–H groups in total.